The lowest BCUT2D eigenvalue weighted by Crippen LogP contribution is -2.30. The number of ether oxygens (including phenoxy) is 1. The number of hydrogen-bond donors (Lipinski definition) is 2. The highest BCUT2D eigenvalue weighted by molar-refractivity contribution is 5.82. The Morgan fingerprint density at radius 1 is 1.30 bits per heavy atom. The predicted molar refractivity (Wildman–Crippen MR) is 75.2 cm³/mol. The highest BCUT2D eigenvalue weighted by Crippen LogP contribution is 2.01. The first kappa shape index (κ1) is 16.2. The molecule has 0 aliphatic carbocycles. The van der Waals surface area contributed by atoms with E-state index in [0.717, 1.165) is 5.56 Å². The highest BCUT2D eigenvalue weighted by atomic mass is 16.5. The molecule has 5 nitrogen and oxygen atoms in total. The molecule has 0 aliphatic rings. The summed E-state index contributed by atoms with van der Waals surface area (Å²) in [5.74, 6) is -0.188. The number of hydrogen-bond acceptors (Lipinski definition) is 4. The topological polar surface area (TPSA) is 75.6 Å². The van der Waals surface area contributed by atoms with Crippen LogP contribution in [0.2, 0.25) is 0 Å². The second kappa shape index (κ2) is 9.09. The molecule has 2 N–H and O–H groups in total. The zero-order valence-electron chi connectivity index (χ0n) is 11.7. The standard InChI is InChI=1S/C15H21NO4/c1-2-6-13(17)14(18)9-10-16-15(19)20-11-12-7-4-3-5-8-12/h3-5,7-8,14,18H,2,6,9-11H2,1H3,(H,16,19). The molecule has 1 unspecified atom stereocenters. The van der Waals surface area contributed by atoms with Gasteiger partial charge in [0.2, 0.25) is 0 Å². The van der Waals surface area contributed by atoms with E-state index in [9.17, 15) is 14.7 Å². The van der Waals surface area contributed by atoms with Gasteiger partial charge in [-0.15, -0.1) is 0 Å². The maximum absolute atomic E-state index is 11.4. The molecule has 0 saturated carbocycles. The molecule has 20 heavy (non-hydrogen) atoms. The van der Waals surface area contributed by atoms with E-state index in [4.69, 9.17) is 4.74 Å². The van der Waals surface area contributed by atoms with Crippen LogP contribution < -0.4 is 5.32 Å². The number of nitrogens with one attached hydrogen (secondary N) is 1. The fraction of sp³-hybridized carbons (Fsp3) is 0.467. The van der Waals surface area contributed by atoms with Crippen molar-refractivity contribution in [1.29, 1.82) is 0 Å². The van der Waals surface area contributed by atoms with Crippen molar-refractivity contribution in [2.45, 2.75) is 38.9 Å². The van der Waals surface area contributed by atoms with Crippen LogP contribution in [0.3, 0.4) is 0 Å². The molecule has 0 aromatic heterocycles. The predicted octanol–water partition coefficient (Wildman–Crippen LogP) is 2.03. The van der Waals surface area contributed by atoms with Crippen LogP contribution in [0.1, 0.15) is 31.7 Å². The Kier molecular flexibility index (Phi) is 7.35. The second-order valence-electron chi connectivity index (χ2n) is 4.51. The lowest BCUT2D eigenvalue weighted by Gasteiger charge is -2.10. The zero-order valence-corrected chi connectivity index (χ0v) is 11.7. The molecule has 0 spiro atoms. The minimum absolute atomic E-state index is 0.188. The summed E-state index contributed by atoms with van der Waals surface area (Å²) in [7, 11) is 0. The Hall–Kier alpha value is -1.88. The molecular formula is C15H21NO4. The first-order valence-corrected chi connectivity index (χ1v) is 6.78. The van der Waals surface area contributed by atoms with E-state index in [2.05, 4.69) is 5.32 Å². The molecule has 0 bridgehead atoms. The van der Waals surface area contributed by atoms with Gasteiger partial charge in [0, 0.05) is 13.0 Å². The van der Waals surface area contributed by atoms with Crippen LogP contribution in [0.15, 0.2) is 30.3 Å². The zero-order chi connectivity index (χ0) is 14.8. The van der Waals surface area contributed by atoms with Crippen LogP contribution in [0, 0.1) is 0 Å². The molecule has 0 aliphatic heterocycles. The number of carbonyl (C=O) groups is 2. The van der Waals surface area contributed by atoms with Crippen LogP contribution in [-0.2, 0) is 16.1 Å². The van der Waals surface area contributed by atoms with Crippen LogP contribution in [-0.4, -0.2) is 29.6 Å². The van der Waals surface area contributed by atoms with Crippen molar-refractivity contribution >= 4 is 11.9 Å². The van der Waals surface area contributed by atoms with Crippen molar-refractivity contribution in [3.63, 3.8) is 0 Å². The van der Waals surface area contributed by atoms with Crippen LogP contribution in [0.5, 0.6) is 0 Å². The van der Waals surface area contributed by atoms with Gasteiger partial charge in [-0.3, -0.25) is 4.79 Å². The van der Waals surface area contributed by atoms with E-state index in [1.807, 2.05) is 37.3 Å². The van der Waals surface area contributed by atoms with Crippen molar-refractivity contribution in [2.24, 2.45) is 0 Å². The van der Waals surface area contributed by atoms with Crippen molar-refractivity contribution in [3.05, 3.63) is 35.9 Å². The van der Waals surface area contributed by atoms with Gasteiger partial charge >= 0.3 is 6.09 Å². The Morgan fingerprint density at radius 3 is 2.65 bits per heavy atom. The molecule has 0 fully saturated rings. The monoisotopic (exact) mass is 279 g/mol. The first-order valence-electron chi connectivity index (χ1n) is 6.78. The van der Waals surface area contributed by atoms with E-state index in [0.29, 0.717) is 12.8 Å². The number of benzene rings is 1. The molecule has 1 rings (SSSR count). The van der Waals surface area contributed by atoms with Gasteiger partial charge in [-0.05, 0) is 18.4 Å². The fourth-order valence-electron chi connectivity index (χ4n) is 1.66. The van der Waals surface area contributed by atoms with Crippen LogP contribution in [0.4, 0.5) is 4.79 Å². The minimum Gasteiger partial charge on any atom is -0.445 e. The van der Waals surface area contributed by atoms with Gasteiger partial charge in [0.1, 0.15) is 12.7 Å². The van der Waals surface area contributed by atoms with Crippen molar-refractivity contribution in [3.8, 4) is 0 Å². The van der Waals surface area contributed by atoms with Gasteiger partial charge in [-0.2, -0.15) is 0 Å². The number of Topliss-reactive ketones (excluding diaryl/α,β-unsaturated/α-hetero) is 1. The SMILES string of the molecule is CCCC(=O)C(O)CCNC(=O)OCc1ccccc1. The Labute approximate surface area is 118 Å². The number of alkyl carbamates (subject to hydrolysis) is 1. The summed E-state index contributed by atoms with van der Waals surface area (Å²) in [6.45, 7) is 2.29. The van der Waals surface area contributed by atoms with Gasteiger partial charge in [0.25, 0.3) is 0 Å². The van der Waals surface area contributed by atoms with E-state index < -0.39 is 12.2 Å². The van der Waals surface area contributed by atoms with Gasteiger partial charge in [0.05, 0.1) is 0 Å². The largest absolute Gasteiger partial charge is 0.445 e. The van der Waals surface area contributed by atoms with Crippen molar-refractivity contribution in [2.75, 3.05) is 6.54 Å². The maximum Gasteiger partial charge on any atom is 0.407 e. The quantitative estimate of drug-likeness (QED) is 0.763. The smallest absolute Gasteiger partial charge is 0.407 e. The molecule has 1 aromatic carbocycles. The molecule has 1 atom stereocenters. The van der Waals surface area contributed by atoms with Crippen LogP contribution >= 0.6 is 0 Å². The second-order valence-corrected chi connectivity index (χ2v) is 4.51. The number of aliphatic hydroxyl groups is 1. The average Bonchev–Trinajstić information content (AvgIpc) is 2.46. The Morgan fingerprint density at radius 2 is 2.00 bits per heavy atom. The lowest BCUT2D eigenvalue weighted by molar-refractivity contribution is -0.127. The molecular weight excluding hydrogens is 258 g/mol. The van der Waals surface area contributed by atoms with Gasteiger partial charge in [0.15, 0.2) is 5.78 Å². The molecule has 1 aromatic rings. The van der Waals surface area contributed by atoms with E-state index >= 15 is 0 Å². The number of carbonyl (C=O) groups excluding carboxylic acids is 2. The number of amides is 1. The maximum atomic E-state index is 11.4. The van der Waals surface area contributed by atoms with Crippen LogP contribution in [0.25, 0.3) is 0 Å². The third-order valence-electron chi connectivity index (χ3n) is 2.77. The number of ketones is 1. The number of rotatable bonds is 8. The fourth-order valence-corrected chi connectivity index (χ4v) is 1.66. The van der Waals surface area contributed by atoms with Gasteiger partial charge in [-0.1, -0.05) is 37.3 Å². The summed E-state index contributed by atoms with van der Waals surface area (Å²) < 4.78 is 5.00. The molecule has 0 radical (unpaired) electrons. The van der Waals surface area contributed by atoms with E-state index in [1.165, 1.54) is 0 Å². The Balaban J connectivity index is 2.16. The summed E-state index contributed by atoms with van der Waals surface area (Å²) in [6, 6.07) is 9.35. The van der Waals surface area contributed by atoms with Crippen molar-refractivity contribution < 1.29 is 19.4 Å². The molecule has 0 heterocycles. The van der Waals surface area contributed by atoms with E-state index in [-0.39, 0.29) is 25.4 Å². The summed E-state index contributed by atoms with van der Waals surface area (Å²) in [5.41, 5.74) is 0.904. The van der Waals surface area contributed by atoms with Gasteiger partial charge < -0.3 is 15.2 Å². The van der Waals surface area contributed by atoms with Gasteiger partial charge in [-0.25, -0.2) is 4.79 Å². The molecule has 0 saturated heterocycles. The van der Waals surface area contributed by atoms with Crippen molar-refractivity contribution in [1.82, 2.24) is 5.32 Å². The molecule has 1 amide bonds. The third-order valence-corrected chi connectivity index (χ3v) is 2.77. The Bertz CT molecular complexity index is 419. The lowest BCUT2D eigenvalue weighted by atomic mass is 10.1. The summed E-state index contributed by atoms with van der Waals surface area (Å²) >= 11 is 0. The first-order chi connectivity index (χ1) is 9.63. The molecule has 110 valence electrons. The average molecular weight is 279 g/mol. The summed E-state index contributed by atoms with van der Waals surface area (Å²) in [5, 5.41) is 12.0. The number of aliphatic hydroxyl groups excluding tert-OH is 1. The van der Waals surface area contributed by atoms with E-state index in [1.54, 1.807) is 0 Å². The third kappa shape index (κ3) is 6.33. The summed E-state index contributed by atoms with van der Waals surface area (Å²) in [4.78, 5) is 22.7. The highest BCUT2D eigenvalue weighted by Gasteiger charge is 2.13. The summed E-state index contributed by atoms with van der Waals surface area (Å²) in [6.07, 6.45) is -0.283. The minimum atomic E-state index is -1.01. The molecule has 5 heteroatoms. The normalized spacial score (nSPS) is 11.7.